The van der Waals surface area contributed by atoms with Gasteiger partial charge in [-0.25, -0.2) is 8.78 Å². The molecule has 1 saturated heterocycles. The summed E-state index contributed by atoms with van der Waals surface area (Å²) in [6.07, 6.45) is 4.79. The zero-order valence-electron chi connectivity index (χ0n) is 17.5. The van der Waals surface area contributed by atoms with Gasteiger partial charge >= 0.3 is 0 Å². The van der Waals surface area contributed by atoms with Crippen LogP contribution in [0.15, 0.2) is 42.5 Å². The third kappa shape index (κ3) is 4.48. The number of amides is 2. The van der Waals surface area contributed by atoms with E-state index in [4.69, 9.17) is 16.3 Å². The molecule has 0 bridgehead atoms. The fraction of sp³-hybridized carbons (Fsp3) is 0.333. The number of ether oxygens (including phenoxy) is 1. The summed E-state index contributed by atoms with van der Waals surface area (Å²) in [5.41, 5.74) is 0.560. The molecule has 0 radical (unpaired) electrons. The maximum Gasteiger partial charge on any atom is 0.246 e. The van der Waals surface area contributed by atoms with Gasteiger partial charge < -0.3 is 15.0 Å². The third-order valence-corrected chi connectivity index (χ3v) is 6.68. The Bertz CT molecular complexity index is 1080. The van der Waals surface area contributed by atoms with Gasteiger partial charge in [0.2, 0.25) is 11.8 Å². The first kappa shape index (κ1) is 22.3. The number of likely N-dealkylation sites (tertiary alicyclic amines) is 1. The van der Waals surface area contributed by atoms with Crippen molar-refractivity contribution >= 4 is 35.2 Å². The normalized spacial score (nSPS) is 19.2. The molecule has 8 heteroatoms. The van der Waals surface area contributed by atoms with Gasteiger partial charge in [-0.3, -0.25) is 9.59 Å². The van der Waals surface area contributed by atoms with Gasteiger partial charge in [0, 0.05) is 36.3 Å². The molecule has 5 nitrogen and oxygen atoms in total. The number of methoxy groups -OCH3 is 1. The van der Waals surface area contributed by atoms with Gasteiger partial charge in [-0.1, -0.05) is 23.7 Å². The van der Waals surface area contributed by atoms with Crippen LogP contribution in [0, 0.1) is 23.0 Å². The summed E-state index contributed by atoms with van der Waals surface area (Å²) in [7, 11) is 1.53. The number of rotatable bonds is 5. The number of anilines is 1. The van der Waals surface area contributed by atoms with Crippen LogP contribution in [0.2, 0.25) is 5.02 Å². The predicted octanol–water partition coefficient (Wildman–Crippen LogP) is 4.91. The summed E-state index contributed by atoms with van der Waals surface area (Å²) < 4.78 is 32.2. The summed E-state index contributed by atoms with van der Waals surface area (Å²) >= 11 is 6.12. The number of nitrogens with one attached hydrogen (secondary N) is 1. The zero-order chi connectivity index (χ0) is 22.9. The van der Waals surface area contributed by atoms with Crippen molar-refractivity contribution < 1.29 is 23.1 Å². The van der Waals surface area contributed by atoms with Crippen LogP contribution in [0.1, 0.15) is 24.8 Å². The van der Waals surface area contributed by atoms with Gasteiger partial charge in [-0.15, -0.1) is 0 Å². The van der Waals surface area contributed by atoms with Crippen molar-refractivity contribution in [2.45, 2.75) is 19.3 Å². The predicted molar refractivity (Wildman–Crippen MR) is 118 cm³/mol. The second-order valence-corrected chi connectivity index (χ2v) is 8.67. The molecular formula is C24H23ClF2N2O3. The molecule has 1 aliphatic heterocycles. The van der Waals surface area contributed by atoms with E-state index in [1.807, 2.05) is 0 Å². The van der Waals surface area contributed by atoms with Crippen LogP contribution in [-0.4, -0.2) is 36.9 Å². The molecule has 2 fully saturated rings. The van der Waals surface area contributed by atoms with Gasteiger partial charge in [0.15, 0.2) is 11.6 Å². The van der Waals surface area contributed by atoms with Gasteiger partial charge in [-0.05, 0) is 55.0 Å². The van der Waals surface area contributed by atoms with Crippen molar-refractivity contribution in [3.8, 4) is 5.75 Å². The van der Waals surface area contributed by atoms with Crippen molar-refractivity contribution in [1.82, 2.24) is 4.90 Å². The Labute approximate surface area is 190 Å². The maximum absolute atomic E-state index is 13.7. The average molecular weight is 461 g/mol. The van der Waals surface area contributed by atoms with Crippen molar-refractivity contribution in [2.24, 2.45) is 11.3 Å². The molecule has 1 N–H and O–H groups in total. The maximum atomic E-state index is 13.7. The number of nitrogens with zero attached hydrogens (tertiary/aromatic N) is 1. The Hall–Kier alpha value is -2.93. The van der Waals surface area contributed by atoms with E-state index in [9.17, 15) is 18.4 Å². The lowest BCUT2D eigenvalue weighted by Crippen LogP contribution is -2.39. The van der Waals surface area contributed by atoms with Crippen LogP contribution < -0.4 is 10.1 Å². The molecule has 32 heavy (non-hydrogen) atoms. The quantitative estimate of drug-likeness (QED) is 0.645. The van der Waals surface area contributed by atoms with Gasteiger partial charge in [0.25, 0.3) is 0 Å². The van der Waals surface area contributed by atoms with Crippen molar-refractivity contribution in [3.05, 3.63) is 64.7 Å². The summed E-state index contributed by atoms with van der Waals surface area (Å²) in [5.74, 6) is -1.78. The second-order valence-electron chi connectivity index (χ2n) is 8.26. The van der Waals surface area contributed by atoms with Crippen molar-refractivity contribution in [1.29, 1.82) is 0 Å². The number of carbonyl (C=O) groups excluding carboxylic acids is 2. The van der Waals surface area contributed by atoms with E-state index in [-0.39, 0.29) is 28.7 Å². The fourth-order valence-electron chi connectivity index (χ4n) is 4.33. The molecule has 1 spiro atoms. The molecule has 4 rings (SSSR count). The summed E-state index contributed by atoms with van der Waals surface area (Å²) in [4.78, 5) is 26.8. The third-order valence-electron chi connectivity index (χ3n) is 6.38. The van der Waals surface area contributed by atoms with Crippen LogP contribution in [-0.2, 0) is 9.59 Å². The first-order chi connectivity index (χ1) is 15.3. The molecule has 2 amide bonds. The standard InChI is InChI=1S/C24H23ClF2N2O3/c1-32-20-7-6-16(13-18(20)25)28-23(31)17-14-24(17)9-11-29(12-10-24)21(30)8-5-15-3-2-4-19(26)22(15)27/h2-8,13,17H,9-12,14H2,1H3,(H,28,31)/b8-5+. The van der Waals surface area contributed by atoms with E-state index in [1.165, 1.54) is 31.4 Å². The highest BCUT2D eigenvalue weighted by atomic mass is 35.5. The van der Waals surface area contributed by atoms with Crippen LogP contribution in [0.25, 0.3) is 6.08 Å². The van der Waals surface area contributed by atoms with Crippen molar-refractivity contribution in [3.63, 3.8) is 0 Å². The van der Waals surface area contributed by atoms with E-state index in [1.54, 1.807) is 23.1 Å². The first-order valence-electron chi connectivity index (χ1n) is 10.4. The fourth-order valence-corrected chi connectivity index (χ4v) is 4.59. The van der Waals surface area contributed by atoms with Crippen LogP contribution in [0.4, 0.5) is 14.5 Å². The molecule has 2 aromatic rings. The molecule has 1 aliphatic carbocycles. The topological polar surface area (TPSA) is 58.6 Å². The van der Waals surface area contributed by atoms with Crippen LogP contribution >= 0.6 is 11.6 Å². The lowest BCUT2D eigenvalue weighted by molar-refractivity contribution is -0.127. The van der Waals surface area contributed by atoms with Crippen LogP contribution in [0.3, 0.4) is 0 Å². The Morgan fingerprint density at radius 3 is 2.66 bits per heavy atom. The highest BCUT2D eigenvalue weighted by Crippen LogP contribution is 2.59. The summed E-state index contributed by atoms with van der Waals surface area (Å²) in [5, 5.41) is 3.34. The highest BCUT2D eigenvalue weighted by molar-refractivity contribution is 6.32. The first-order valence-corrected chi connectivity index (χ1v) is 10.8. The molecule has 1 heterocycles. The van der Waals surface area contributed by atoms with Gasteiger partial charge in [0.1, 0.15) is 5.75 Å². The zero-order valence-corrected chi connectivity index (χ0v) is 18.3. The van der Waals surface area contributed by atoms with Gasteiger partial charge in [-0.2, -0.15) is 0 Å². The minimum absolute atomic E-state index is 0.0318. The molecular weight excluding hydrogens is 438 g/mol. The van der Waals surface area contributed by atoms with Gasteiger partial charge in [0.05, 0.1) is 12.1 Å². The summed E-state index contributed by atoms with van der Waals surface area (Å²) in [6, 6.07) is 8.94. The minimum Gasteiger partial charge on any atom is -0.495 e. The Morgan fingerprint density at radius 1 is 1.22 bits per heavy atom. The largest absolute Gasteiger partial charge is 0.495 e. The molecule has 2 aromatic carbocycles. The number of carbonyl (C=O) groups is 2. The second kappa shape index (κ2) is 8.90. The van der Waals surface area contributed by atoms with E-state index in [0.29, 0.717) is 29.5 Å². The average Bonchev–Trinajstić information content (AvgIpc) is 3.48. The Balaban J connectivity index is 1.30. The number of halogens is 3. The monoisotopic (exact) mass is 460 g/mol. The number of piperidine rings is 1. The number of hydrogen-bond donors (Lipinski definition) is 1. The minimum atomic E-state index is -0.973. The molecule has 168 valence electrons. The Morgan fingerprint density at radius 2 is 1.97 bits per heavy atom. The smallest absolute Gasteiger partial charge is 0.246 e. The molecule has 0 aromatic heterocycles. The number of benzene rings is 2. The summed E-state index contributed by atoms with van der Waals surface area (Å²) in [6.45, 7) is 1.04. The highest BCUT2D eigenvalue weighted by Gasteiger charge is 2.58. The molecule has 1 unspecified atom stereocenters. The SMILES string of the molecule is COc1ccc(NC(=O)C2CC23CCN(C(=O)/C=C/c2cccc(F)c2F)CC3)cc1Cl. The van der Waals surface area contributed by atoms with E-state index >= 15 is 0 Å². The number of hydrogen-bond acceptors (Lipinski definition) is 3. The van der Waals surface area contributed by atoms with E-state index in [0.717, 1.165) is 25.3 Å². The molecule has 2 aliphatic rings. The van der Waals surface area contributed by atoms with E-state index < -0.39 is 11.6 Å². The van der Waals surface area contributed by atoms with E-state index in [2.05, 4.69) is 5.32 Å². The lowest BCUT2D eigenvalue weighted by Gasteiger charge is -2.32. The Kier molecular flexibility index (Phi) is 6.20. The lowest BCUT2D eigenvalue weighted by atomic mass is 9.90. The van der Waals surface area contributed by atoms with Crippen molar-refractivity contribution in [2.75, 3.05) is 25.5 Å². The molecule has 1 saturated carbocycles. The van der Waals surface area contributed by atoms with Crippen LogP contribution in [0.5, 0.6) is 5.75 Å². The molecule has 1 atom stereocenters.